The van der Waals surface area contributed by atoms with Crippen LogP contribution in [0.2, 0.25) is 0 Å². The van der Waals surface area contributed by atoms with E-state index in [0.717, 1.165) is 32.1 Å². The highest BCUT2D eigenvalue weighted by atomic mass is 16.6. The van der Waals surface area contributed by atoms with Crippen molar-refractivity contribution in [3.8, 4) is 5.75 Å². The van der Waals surface area contributed by atoms with E-state index in [1.54, 1.807) is 32.9 Å². The molecule has 1 aromatic carbocycles. The molecule has 210 valence electrons. The maximum atomic E-state index is 14.1. The normalized spacial score (nSPS) is 21.1. The number of benzene rings is 1. The van der Waals surface area contributed by atoms with Crippen molar-refractivity contribution in [3.05, 3.63) is 29.8 Å². The smallest absolute Gasteiger partial charge is 0.408 e. The number of rotatable bonds is 10. The number of ether oxygens (including phenoxy) is 1. The molecule has 0 aliphatic heterocycles. The van der Waals surface area contributed by atoms with E-state index < -0.39 is 35.6 Å². The van der Waals surface area contributed by atoms with Crippen molar-refractivity contribution in [3.63, 3.8) is 0 Å². The second kappa shape index (κ2) is 12.5. The van der Waals surface area contributed by atoms with Crippen molar-refractivity contribution in [2.45, 2.75) is 109 Å². The first kappa shape index (κ1) is 29.3. The predicted octanol–water partition coefficient (Wildman–Crippen LogP) is 3.28. The molecule has 0 radical (unpaired) electrons. The van der Waals surface area contributed by atoms with Gasteiger partial charge in [-0.2, -0.15) is 0 Å². The Balaban J connectivity index is 1.96. The molecule has 2 fully saturated rings. The van der Waals surface area contributed by atoms with Crippen LogP contribution >= 0.6 is 0 Å². The Morgan fingerprint density at radius 1 is 1.11 bits per heavy atom. The van der Waals surface area contributed by atoms with Crippen LogP contribution in [0.4, 0.5) is 4.79 Å². The molecule has 0 heterocycles. The molecule has 3 rings (SSSR count). The molecule has 38 heavy (non-hydrogen) atoms. The monoisotopic (exact) mass is 530 g/mol. The maximum Gasteiger partial charge on any atom is 0.408 e. The zero-order valence-electron chi connectivity index (χ0n) is 22.9. The van der Waals surface area contributed by atoms with Gasteiger partial charge in [-0.1, -0.05) is 38.3 Å². The molecule has 0 aromatic heterocycles. The fourth-order valence-corrected chi connectivity index (χ4v) is 4.97. The highest BCUT2D eigenvalue weighted by Crippen LogP contribution is 2.41. The third kappa shape index (κ3) is 8.36. The number of hydrogen-bond donors (Lipinski definition) is 4. The van der Waals surface area contributed by atoms with Crippen LogP contribution in [0.5, 0.6) is 5.75 Å². The van der Waals surface area contributed by atoms with Crippen LogP contribution in [0.3, 0.4) is 0 Å². The summed E-state index contributed by atoms with van der Waals surface area (Å²) in [6, 6.07) is 3.94. The lowest BCUT2D eigenvalue weighted by atomic mass is 9.94. The van der Waals surface area contributed by atoms with E-state index in [0.29, 0.717) is 12.0 Å². The van der Waals surface area contributed by atoms with Gasteiger partial charge in [0.05, 0.1) is 0 Å². The summed E-state index contributed by atoms with van der Waals surface area (Å²) >= 11 is 0. The van der Waals surface area contributed by atoms with Crippen molar-refractivity contribution < 1.29 is 29.0 Å². The van der Waals surface area contributed by atoms with Crippen molar-refractivity contribution >= 4 is 23.8 Å². The summed E-state index contributed by atoms with van der Waals surface area (Å²) in [5, 5.41) is 15.6. The lowest BCUT2D eigenvalue weighted by Gasteiger charge is -2.36. The summed E-state index contributed by atoms with van der Waals surface area (Å²) in [5.74, 6) is -1.20. The summed E-state index contributed by atoms with van der Waals surface area (Å²) < 4.78 is 5.36. The first-order valence-corrected chi connectivity index (χ1v) is 13.5. The second-order valence-electron chi connectivity index (χ2n) is 11.6. The number of nitrogens with one attached hydrogen (secondary N) is 2. The lowest BCUT2D eigenvalue weighted by molar-refractivity contribution is -0.144. The van der Waals surface area contributed by atoms with Gasteiger partial charge in [0.15, 0.2) is 0 Å². The predicted molar refractivity (Wildman–Crippen MR) is 142 cm³/mol. The third-order valence-electron chi connectivity index (χ3n) is 7.03. The van der Waals surface area contributed by atoms with Gasteiger partial charge in [-0.3, -0.25) is 14.4 Å². The number of aromatic hydroxyl groups is 1. The molecule has 10 heteroatoms. The number of amides is 4. The van der Waals surface area contributed by atoms with E-state index in [4.69, 9.17) is 10.5 Å². The van der Waals surface area contributed by atoms with Gasteiger partial charge >= 0.3 is 6.09 Å². The van der Waals surface area contributed by atoms with E-state index in [2.05, 4.69) is 10.6 Å². The summed E-state index contributed by atoms with van der Waals surface area (Å²) in [4.78, 5) is 53.7. The summed E-state index contributed by atoms with van der Waals surface area (Å²) in [5.41, 5.74) is 5.12. The van der Waals surface area contributed by atoms with Crippen LogP contribution in [0, 0.1) is 5.92 Å². The Morgan fingerprint density at radius 2 is 1.71 bits per heavy atom. The number of carbonyl (C=O) groups is 4. The number of nitrogens with two attached hydrogens (primary N) is 1. The van der Waals surface area contributed by atoms with Crippen molar-refractivity contribution in [1.29, 1.82) is 0 Å². The topological polar surface area (TPSA) is 151 Å². The molecule has 5 N–H and O–H groups in total. The van der Waals surface area contributed by atoms with Crippen molar-refractivity contribution in [2.75, 3.05) is 0 Å². The third-order valence-corrected chi connectivity index (χ3v) is 7.03. The van der Waals surface area contributed by atoms with E-state index in [9.17, 15) is 24.3 Å². The lowest BCUT2D eigenvalue weighted by Crippen LogP contribution is -2.55. The maximum absolute atomic E-state index is 14.1. The van der Waals surface area contributed by atoms with Crippen LogP contribution < -0.4 is 16.4 Å². The zero-order valence-corrected chi connectivity index (χ0v) is 22.9. The molecule has 2 aliphatic carbocycles. The molecule has 4 atom stereocenters. The molecule has 1 aromatic rings. The van der Waals surface area contributed by atoms with Crippen molar-refractivity contribution in [2.24, 2.45) is 11.7 Å². The number of carbonyl (C=O) groups excluding carboxylic acids is 4. The minimum absolute atomic E-state index is 0.0231. The average molecular weight is 531 g/mol. The van der Waals surface area contributed by atoms with Gasteiger partial charge < -0.3 is 31.1 Å². The van der Waals surface area contributed by atoms with Gasteiger partial charge in [-0.25, -0.2) is 4.79 Å². The molecule has 4 amide bonds. The number of phenols is 1. The minimum atomic E-state index is -1.12. The van der Waals surface area contributed by atoms with Crippen LogP contribution in [-0.2, 0) is 19.1 Å². The molecular weight excluding hydrogens is 488 g/mol. The zero-order chi connectivity index (χ0) is 28.0. The van der Waals surface area contributed by atoms with Gasteiger partial charge in [0.25, 0.3) is 0 Å². The standard InChI is InChI=1S/C28H42N4O6/c1-17-16-22(17)32(26(36)21(14-15-23(29)34)31-27(37)38-28(2,3)4)24(18-10-12-20(33)13-11-18)25(35)30-19-8-6-5-7-9-19/h10-13,17,19,21-22,24,33H,5-9,14-16H2,1-4H3,(H2,29,34)(H,30,35)(H,31,37). The summed E-state index contributed by atoms with van der Waals surface area (Å²) in [6.45, 7) is 7.13. The first-order chi connectivity index (χ1) is 17.9. The molecule has 0 saturated heterocycles. The first-order valence-electron chi connectivity index (χ1n) is 13.5. The van der Waals surface area contributed by atoms with Crippen LogP contribution in [0.15, 0.2) is 24.3 Å². The molecule has 2 aliphatic rings. The van der Waals surface area contributed by atoms with E-state index >= 15 is 0 Å². The van der Waals surface area contributed by atoms with Gasteiger partial charge in [0.2, 0.25) is 17.7 Å². The largest absolute Gasteiger partial charge is 0.508 e. The Kier molecular flexibility index (Phi) is 9.62. The van der Waals surface area contributed by atoms with E-state index in [-0.39, 0.29) is 42.5 Å². The minimum Gasteiger partial charge on any atom is -0.508 e. The summed E-state index contributed by atoms with van der Waals surface area (Å²) in [6.07, 6.45) is 4.71. The van der Waals surface area contributed by atoms with Crippen molar-refractivity contribution in [1.82, 2.24) is 15.5 Å². The molecule has 0 bridgehead atoms. The quantitative estimate of drug-likeness (QED) is 0.364. The highest BCUT2D eigenvalue weighted by molar-refractivity contribution is 5.93. The molecule has 0 spiro atoms. The molecule has 2 saturated carbocycles. The Labute approximate surface area is 224 Å². The molecular formula is C28H42N4O6. The molecule has 10 nitrogen and oxygen atoms in total. The van der Waals surface area contributed by atoms with Gasteiger partial charge in [-0.15, -0.1) is 0 Å². The Morgan fingerprint density at radius 3 is 2.24 bits per heavy atom. The fourth-order valence-electron chi connectivity index (χ4n) is 4.97. The SMILES string of the molecule is CC1CC1N(C(=O)C(CCC(N)=O)NC(=O)OC(C)(C)C)C(C(=O)NC1CCCCC1)c1ccc(O)cc1. The van der Waals surface area contributed by atoms with Gasteiger partial charge in [0, 0.05) is 18.5 Å². The Bertz CT molecular complexity index is 1000. The second-order valence-corrected chi connectivity index (χ2v) is 11.6. The van der Waals surface area contributed by atoms with Gasteiger partial charge in [-0.05, 0) is 70.1 Å². The number of phenolic OH excluding ortho intramolecular Hbond substituents is 1. The number of alkyl carbamates (subject to hydrolysis) is 1. The Hall–Kier alpha value is -3.30. The van der Waals surface area contributed by atoms with Crippen LogP contribution in [0.1, 0.15) is 90.7 Å². The van der Waals surface area contributed by atoms with E-state index in [1.165, 1.54) is 17.0 Å². The van der Waals surface area contributed by atoms with Crippen LogP contribution in [-0.4, -0.2) is 57.5 Å². The van der Waals surface area contributed by atoms with E-state index in [1.807, 2.05) is 6.92 Å². The number of nitrogens with zero attached hydrogens (tertiary/aromatic N) is 1. The average Bonchev–Trinajstić information content (AvgIpc) is 3.55. The summed E-state index contributed by atoms with van der Waals surface area (Å²) in [7, 11) is 0. The highest BCUT2D eigenvalue weighted by Gasteiger charge is 2.48. The fraction of sp³-hybridized carbons (Fsp3) is 0.643. The van der Waals surface area contributed by atoms with Crippen LogP contribution in [0.25, 0.3) is 0 Å². The molecule has 4 unspecified atom stereocenters. The number of primary amides is 1. The number of hydrogen-bond acceptors (Lipinski definition) is 6. The van der Waals surface area contributed by atoms with Gasteiger partial charge in [0.1, 0.15) is 23.4 Å².